The Morgan fingerprint density at radius 2 is 2.10 bits per heavy atom. The number of nitrogens with one attached hydrogen (secondary N) is 2. The summed E-state index contributed by atoms with van der Waals surface area (Å²) in [7, 11) is -3.11. The van der Waals surface area contributed by atoms with E-state index in [1.807, 2.05) is 19.1 Å². The van der Waals surface area contributed by atoms with Crippen LogP contribution in [-0.4, -0.2) is 32.7 Å². The van der Waals surface area contributed by atoms with Gasteiger partial charge in [0.25, 0.3) is 0 Å². The Hall–Kier alpha value is -1.38. The lowest BCUT2D eigenvalue weighted by Crippen LogP contribution is -2.24. The molecular formula is C12H18N4O2S2. The van der Waals surface area contributed by atoms with Crippen molar-refractivity contribution in [3.05, 3.63) is 17.1 Å². The topological polar surface area (TPSA) is 97.1 Å². The highest BCUT2D eigenvalue weighted by atomic mass is 32.2. The third kappa shape index (κ3) is 4.06. The van der Waals surface area contributed by atoms with Crippen LogP contribution in [0.5, 0.6) is 0 Å². The fourth-order valence-corrected chi connectivity index (χ4v) is 3.20. The van der Waals surface area contributed by atoms with Gasteiger partial charge in [-0.05, 0) is 25.5 Å². The zero-order chi connectivity index (χ0) is 14.8. The van der Waals surface area contributed by atoms with Crippen molar-refractivity contribution in [3.63, 3.8) is 0 Å². The van der Waals surface area contributed by atoms with Gasteiger partial charge in [-0.3, -0.25) is 0 Å². The number of hydrogen-bond acceptors (Lipinski definition) is 6. The van der Waals surface area contributed by atoms with Gasteiger partial charge in [-0.25, -0.2) is 18.1 Å². The second kappa shape index (κ2) is 5.94. The molecule has 6 nitrogen and oxygen atoms in total. The number of nitrogen functional groups attached to an aromatic ring is 1. The van der Waals surface area contributed by atoms with Gasteiger partial charge in [0.1, 0.15) is 0 Å². The molecule has 0 saturated carbocycles. The molecule has 0 bridgehead atoms. The van der Waals surface area contributed by atoms with Crippen LogP contribution < -0.4 is 15.8 Å². The normalized spacial score (nSPS) is 11.9. The molecule has 1 aromatic heterocycles. The monoisotopic (exact) mass is 314 g/mol. The molecule has 2 aromatic rings. The van der Waals surface area contributed by atoms with Crippen LogP contribution in [0.15, 0.2) is 12.1 Å². The molecule has 0 saturated heterocycles. The first-order chi connectivity index (χ1) is 9.35. The van der Waals surface area contributed by atoms with Crippen molar-refractivity contribution < 1.29 is 8.42 Å². The first-order valence-corrected chi connectivity index (χ1v) is 8.91. The number of rotatable bonds is 6. The van der Waals surface area contributed by atoms with Gasteiger partial charge < -0.3 is 11.1 Å². The van der Waals surface area contributed by atoms with E-state index in [-0.39, 0.29) is 0 Å². The second-order valence-electron chi connectivity index (χ2n) is 4.59. The third-order valence-corrected chi connectivity index (χ3v) is 4.36. The summed E-state index contributed by atoms with van der Waals surface area (Å²) >= 11 is 1.61. The fraction of sp³-hybridized carbons (Fsp3) is 0.417. The Morgan fingerprint density at radius 3 is 2.80 bits per heavy atom. The molecule has 0 aliphatic rings. The van der Waals surface area contributed by atoms with Gasteiger partial charge in [0, 0.05) is 13.1 Å². The molecule has 0 aliphatic heterocycles. The lowest BCUT2D eigenvalue weighted by molar-refractivity contribution is 0.586. The second-order valence-corrected chi connectivity index (χ2v) is 7.65. The molecule has 0 fully saturated rings. The highest BCUT2D eigenvalue weighted by Gasteiger charge is 2.06. The summed E-state index contributed by atoms with van der Waals surface area (Å²) in [5.74, 6) is 0. The van der Waals surface area contributed by atoms with Gasteiger partial charge in [0.2, 0.25) is 10.0 Å². The van der Waals surface area contributed by atoms with E-state index < -0.39 is 10.0 Å². The number of fused-ring (bicyclic) bond motifs is 1. The number of nitrogens with zero attached hydrogens (tertiary/aromatic N) is 1. The smallest absolute Gasteiger partial charge is 0.208 e. The molecule has 0 unspecified atom stereocenters. The van der Waals surface area contributed by atoms with Crippen LogP contribution in [-0.2, 0) is 10.0 Å². The van der Waals surface area contributed by atoms with Crippen LogP contribution in [0.1, 0.15) is 11.4 Å². The average molecular weight is 314 g/mol. The average Bonchev–Trinajstić information content (AvgIpc) is 2.66. The van der Waals surface area contributed by atoms with Crippen molar-refractivity contribution in [1.29, 1.82) is 0 Å². The number of benzene rings is 1. The van der Waals surface area contributed by atoms with Crippen LogP contribution >= 0.6 is 11.3 Å². The zero-order valence-corrected chi connectivity index (χ0v) is 13.1. The van der Waals surface area contributed by atoms with Gasteiger partial charge in [-0.1, -0.05) is 0 Å². The molecule has 4 N–H and O–H groups in total. The maximum Gasteiger partial charge on any atom is 0.208 e. The Bertz CT molecular complexity index is 710. The molecule has 0 radical (unpaired) electrons. The lowest BCUT2D eigenvalue weighted by Gasteiger charge is -2.09. The molecule has 8 heteroatoms. The predicted octanol–water partition coefficient (Wildman–Crippen LogP) is 1.54. The molecule has 0 amide bonds. The molecule has 2 rings (SSSR count). The van der Waals surface area contributed by atoms with E-state index in [4.69, 9.17) is 5.73 Å². The van der Waals surface area contributed by atoms with E-state index in [2.05, 4.69) is 15.0 Å². The van der Waals surface area contributed by atoms with Crippen LogP contribution in [0, 0.1) is 6.92 Å². The molecule has 1 aromatic carbocycles. The third-order valence-electron chi connectivity index (χ3n) is 2.70. The number of anilines is 2. The van der Waals surface area contributed by atoms with Gasteiger partial charge >= 0.3 is 0 Å². The summed E-state index contributed by atoms with van der Waals surface area (Å²) in [5.41, 5.74) is 8.43. The van der Waals surface area contributed by atoms with Crippen molar-refractivity contribution >= 4 is 43.0 Å². The van der Waals surface area contributed by atoms with E-state index in [0.29, 0.717) is 25.2 Å². The molecule has 1 heterocycles. The quantitative estimate of drug-likeness (QED) is 0.555. The van der Waals surface area contributed by atoms with Crippen molar-refractivity contribution in [3.8, 4) is 0 Å². The van der Waals surface area contributed by atoms with Crippen molar-refractivity contribution in [2.75, 3.05) is 30.4 Å². The van der Waals surface area contributed by atoms with Crippen LogP contribution in [0.4, 0.5) is 11.4 Å². The summed E-state index contributed by atoms with van der Waals surface area (Å²) in [6.07, 6.45) is 1.83. The number of aromatic nitrogens is 1. The number of hydrogen-bond donors (Lipinski definition) is 3. The molecule has 0 spiro atoms. The first kappa shape index (κ1) is 15.0. The minimum absolute atomic E-state index is 0.407. The van der Waals surface area contributed by atoms with Crippen LogP contribution in [0.25, 0.3) is 10.2 Å². The fourth-order valence-electron chi connectivity index (χ4n) is 1.83. The Labute approximate surface area is 122 Å². The minimum atomic E-state index is -3.11. The summed E-state index contributed by atoms with van der Waals surface area (Å²) in [5, 5.41) is 4.21. The van der Waals surface area contributed by atoms with E-state index in [9.17, 15) is 8.42 Å². The first-order valence-electron chi connectivity index (χ1n) is 6.20. The highest BCUT2D eigenvalue weighted by Crippen LogP contribution is 2.29. The summed E-state index contributed by atoms with van der Waals surface area (Å²) in [6, 6.07) is 3.84. The standard InChI is InChI=1S/C12H18N4O2S2/c1-8-16-11-7-10(9(13)6-12(11)19-8)14-4-3-5-15-20(2,17)18/h6-7,14-15H,3-5,13H2,1-2H3. The summed E-state index contributed by atoms with van der Waals surface area (Å²) in [6.45, 7) is 3.01. The van der Waals surface area contributed by atoms with E-state index in [1.165, 1.54) is 0 Å². The Morgan fingerprint density at radius 1 is 1.35 bits per heavy atom. The van der Waals surface area contributed by atoms with Crippen LogP contribution in [0.3, 0.4) is 0 Å². The van der Waals surface area contributed by atoms with Gasteiger partial charge in [-0.2, -0.15) is 0 Å². The molecular weight excluding hydrogens is 296 g/mol. The van der Waals surface area contributed by atoms with Crippen molar-refractivity contribution in [2.45, 2.75) is 13.3 Å². The zero-order valence-electron chi connectivity index (χ0n) is 11.4. The number of thiazole rings is 1. The van der Waals surface area contributed by atoms with Crippen LogP contribution in [0.2, 0.25) is 0 Å². The maximum absolute atomic E-state index is 10.9. The van der Waals surface area contributed by atoms with Gasteiger partial charge in [-0.15, -0.1) is 11.3 Å². The summed E-state index contributed by atoms with van der Waals surface area (Å²) in [4.78, 5) is 4.42. The van der Waals surface area contributed by atoms with Crippen molar-refractivity contribution in [1.82, 2.24) is 9.71 Å². The predicted molar refractivity (Wildman–Crippen MR) is 84.7 cm³/mol. The SMILES string of the molecule is Cc1nc2cc(NCCCNS(C)(=O)=O)c(N)cc2s1. The number of nitrogens with two attached hydrogens (primary N) is 1. The molecule has 20 heavy (non-hydrogen) atoms. The Kier molecular flexibility index (Phi) is 4.46. The minimum Gasteiger partial charge on any atom is -0.397 e. The van der Waals surface area contributed by atoms with E-state index >= 15 is 0 Å². The lowest BCUT2D eigenvalue weighted by atomic mass is 10.2. The van der Waals surface area contributed by atoms with Gasteiger partial charge in [0.15, 0.2) is 0 Å². The number of aryl methyl sites for hydroxylation is 1. The largest absolute Gasteiger partial charge is 0.397 e. The van der Waals surface area contributed by atoms with E-state index in [0.717, 1.165) is 27.2 Å². The van der Waals surface area contributed by atoms with E-state index in [1.54, 1.807) is 11.3 Å². The highest BCUT2D eigenvalue weighted by molar-refractivity contribution is 7.88. The summed E-state index contributed by atoms with van der Waals surface area (Å²) < 4.78 is 25.3. The van der Waals surface area contributed by atoms with Crippen molar-refractivity contribution in [2.24, 2.45) is 0 Å². The number of sulfonamides is 1. The molecule has 0 atom stereocenters. The van der Waals surface area contributed by atoms with Gasteiger partial charge in [0.05, 0.1) is 32.9 Å². The maximum atomic E-state index is 10.9. The Balaban J connectivity index is 1.94. The molecule has 110 valence electrons. The molecule has 0 aliphatic carbocycles.